The fourth-order valence-corrected chi connectivity index (χ4v) is 4.88. The van der Waals surface area contributed by atoms with Crippen LogP contribution in [0.25, 0.3) is 0 Å². The zero-order chi connectivity index (χ0) is 22.9. The van der Waals surface area contributed by atoms with E-state index in [2.05, 4.69) is 33.0 Å². The van der Waals surface area contributed by atoms with Crippen LogP contribution in [0.2, 0.25) is 0 Å². The van der Waals surface area contributed by atoms with E-state index in [-0.39, 0.29) is 24.8 Å². The first-order chi connectivity index (χ1) is 15.6. The van der Waals surface area contributed by atoms with Crippen LogP contribution in [0, 0.1) is 11.3 Å². The highest BCUT2D eigenvalue weighted by atomic mass is 16.2. The minimum Gasteiger partial charge on any atom is -0.388 e. The van der Waals surface area contributed by atoms with Crippen molar-refractivity contribution in [3.63, 3.8) is 0 Å². The zero-order valence-electron chi connectivity index (χ0n) is 19.5. The molecule has 0 bridgehead atoms. The Labute approximate surface area is 191 Å². The molecule has 8 nitrogen and oxygen atoms in total. The van der Waals surface area contributed by atoms with Gasteiger partial charge in [-0.3, -0.25) is 10.3 Å². The van der Waals surface area contributed by atoms with E-state index in [0.29, 0.717) is 11.5 Å². The molecule has 176 valence electrons. The number of amidine groups is 1. The zero-order valence-corrected chi connectivity index (χ0v) is 19.5. The number of piperidine rings is 2. The van der Waals surface area contributed by atoms with Gasteiger partial charge in [-0.25, -0.2) is 4.79 Å². The summed E-state index contributed by atoms with van der Waals surface area (Å²) in [6, 6.07) is 5.77. The number of aldehydes is 1. The quantitative estimate of drug-likeness (QED) is 0.282. The lowest BCUT2D eigenvalue weighted by molar-refractivity contribution is -0.107. The lowest BCUT2D eigenvalue weighted by Gasteiger charge is -2.35. The van der Waals surface area contributed by atoms with Crippen molar-refractivity contribution in [2.24, 2.45) is 5.92 Å². The van der Waals surface area contributed by atoms with Gasteiger partial charge in [-0.15, -0.1) is 0 Å². The maximum Gasteiger partial charge on any atom is 0.322 e. The van der Waals surface area contributed by atoms with Gasteiger partial charge in [0.1, 0.15) is 12.1 Å². The first kappa shape index (κ1) is 24.2. The van der Waals surface area contributed by atoms with Gasteiger partial charge in [-0.2, -0.15) is 0 Å². The molecule has 2 fully saturated rings. The number of carbonyl (C=O) groups is 2. The summed E-state index contributed by atoms with van der Waals surface area (Å²) < 4.78 is 0. The Kier molecular flexibility index (Phi) is 9.05. The second-order valence-corrected chi connectivity index (χ2v) is 8.83. The summed E-state index contributed by atoms with van der Waals surface area (Å²) in [5.41, 5.74) is 2.78. The van der Waals surface area contributed by atoms with Crippen molar-refractivity contribution >= 4 is 23.8 Å². The first-order valence-corrected chi connectivity index (χ1v) is 11.8. The Morgan fingerprint density at radius 2 is 1.94 bits per heavy atom. The fourth-order valence-electron chi connectivity index (χ4n) is 4.88. The molecule has 0 radical (unpaired) electrons. The van der Waals surface area contributed by atoms with Crippen molar-refractivity contribution in [3.05, 3.63) is 29.3 Å². The van der Waals surface area contributed by atoms with Gasteiger partial charge in [-0.05, 0) is 81.4 Å². The third-order valence-corrected chi connectivity index (χ3v) is 6.80. The number of nitrogens with one attached hydrogen (secondary N) is 4. The van der Waals surface area contributed by atoms with Crippen molar-refractivity contribution in [1.29, 1.82) is 5.41 Å². The van der Waals surface area contributed by atoms with Gasteiger partial charge in [0.25, 0.3) is 0 Å². The molecule has 8 heteroatoms. The summed E-state index contributed by atoms with van der Waals surface area (Å²) in [5.74, 6) is 1.44. The second-order valence-electron chi connectivity index (χ2n) is 8.83. The lowest BCUT2D eigenvalue weighted by Crippen LogP contribution is -2.43. The average Bonchev–Trinajstić information content (AvgIpc) is 2.84. The van der Waals surface area contributed by atoms with Gasteiger partial charge >= 0.3 is 6.03 Å². The maximum atomic E-state index is 12.2. The molecular weight excluding hydrogens is 404 g/mol. The van der Waals surface area contributed by atoms with Gasteiger partial charge in [0.05, 0.1) is 0 Å². The molecule has 3 rings (SSSR count). The van der Waals surface area contributed by atoms with E-state index in [1.807, 2.05) is 13.1 Å². The second kappa shape index (κ2) is 12.0. The molecule has 2 saturated heterocycles. The number of likely N-dealkylation sites (tertiary alicyclic amines) is 1. The smallest absolute Gasteiger partial charge is 0.322 e. The molecule has 0 spiro atoms. The van der Waals surface area contributed by atoms with Crippen LogP contribution in [0.3, 0.4) is 0 Å². The molecule has 1 aromatic rings. The van der Waals surface area contributed by atoms with Crippen LogP contribution in [0.1, 0.15) is 49.1 Å². The number of anilines is 1. The van der Waals surface area contributed by atoms with Crippen molar-refractivity contribution < 1.29 is 9.59 Å². The summed E-state index contributed by atoms with van der Waals surface area (Å²) in [5, 5.41) is 17.8. The largest absolute Gasteiger partial charge is 0.388 e. The molecule has 2 amide bonds. The molecule has 0 aliphatic carbocycles. The molecule has 0 aromatic heterocycles. The molecule has 2 heterocycles. The van der Waals surface area contributed by atoms with Gasteiger partial charge in [0, 0.05) is 44.9 Å². The molecule has 0 unspecified atom stereocenters. The van der Waals surface area contributed by atoms with E-state index < -0.39 is 0 Å². The van der Waals surface area contributed by atoms with Crippen molar-refractivity contribution in [3.8, 4) is 0 Å². The first-order valence-electron chi connectivity index (χ1n) is 11.8. The number of hydrogen-bond acceptors (Lipinski definition) is 6. The predicted octanol–water partition coefficient (Wildman–Crippen LogP) is 2.46. The van der Waals surface area contributed by atoms with Crippen LogP contribution >= 0.6 is 0 Å². The van der Waals surface area contributed by atoms with Crippen LogP contribution in [-0.4, -0.2) is 81.3 Å². The average molecular weight is 443 g/mol. The minimum absolute atomic E-state index is 0.0962. The van der Waals surface area contributed by atoms with Crippen LogP contribution in [0.15, 0.2) is 18.2 Å². The number of nitrogens with zero attached hydrogens (tertiary/aromatic N) is 2. The van der Waals surface area contributed by atoms with Gasteiger partial charge < -0.3 is 25.6 Å². The summed E-state index contributed by atoms with van der Waals surface area (Å²) in [4.78, 5) is 27.0. The topological polar surface area (TPSA) is 101 Å². The monoisotopic (exact) mass is 442 g/mol. The molecule has 1 aromatic carbocycles. The number of hydrogen-bond donors (Lipinski definition) is 4. The number of benzene rings is 1. The fraction of sp³-hybridized carbons (Fsp3) is 0.625. The molecule has 2 aliphatic heterocycles. The Morgan fingerprint density at radius 1 is 1.22 bits per heavy atom. The highest BCUT2D eigenvalue weighted by Gasteiger charge is 2.25. The minimum atomic E-state index is -0.385. The lowest BCUT2D eigenvalue weighted by atomic mass is 9.87. The highest BCUT2D eigenvalue weighted by molar-refractivity contribution is 6.09. The Morgan fingerprint density at radius 3 is 2.56 bits per heavy atom. The number of amides is 2. The predicted molar refractivity (Wildman–Crippen MR) is 129 cm³/mol. The van der Waals surface area contributed by atoms with E-state index in [1.165, 1.54) is 36.9 Å². The highest BCUT2D eigenvalue weighted by Crippen LogP contribution is 2.32. The third kappa shape index (κ3) is 6.07. The molecule has 0 saturated carbocycles. The van der Waals surface area contributed by atoms with Crippen LogP contribution < -0.4 is 16.0 Å². The van der Waals surface area contributed by atoms with Crippen molar-refractivity contribution in [2.75, 3.05) is 58.7 Å². The molecule has 4 N–H and O–H groups in total. The Bertz CT molecular complexity index is 785. The normalized spacial score (nSPS) is 18.2. The van der Waals surface area contributed by atoms with E-state index in [0.717, 1.165) is 56.9 Å². The van der Waals surface area contributed by atoms with Crippen molar-refractivity contribution in [2.45, 2.75) is 38.0 Å². The Balaban J connectivity index is 1.65. The van der Waals surface area contributed by atoms with Gasteiger partial charge in [-0.1, -0.05) is 6.07 Å². The molecule has 2 aliphatic rings. The third-order valence-electron chi connectivity index (χ3n) is 6.80. The summed E-state index contributed by atoms with van der Waals surface area (Å²) in [6.45, 7) is 5.99. The number of carbonyl (C=O) groups excluding carboxylic acids is 2. The van der Waals surface area contributed by atoms with E-state index >= 15 is 0 Å². The molecule has 32 heavy (non-hydrogen) atoms. The molecule has 0 atom stereocenters. The number of rotatable bonds is 8. The van der Waals surface area contributed by atoms with Crippen LogP contribution in [0.5, 0.6) is 0 Å². The van der Waals surface area contributed by atoms with E-state index in [1.54, 1.807) is 0 Å². The summed E-state index contributed by atoms with van der Waals surface area (Å²) in [7, 11) is 3.37. The maximum absolute atomic E-state index is 12.2. The van der Waals surface area contributed by atoms with E-state index in [9.17, 15) is 9.59 Å². The Hall–Kier alpha value is -2.45. The summed E-state index contributed by atoms with van der Waals surface area (Å²) in [6.07, 6.45) is 5.84. The van der Waals surface area contributed by atoms with Crippen LogP contribution in [-0.2, 0) is 4.79 Å². The van der Waals surface area contributed by atoms with Crippen LogP contribution in [0.4, 0.5) is 10.5 Å². The van der Waals surface area contributed by atoms with Crippen molar-refractivity contribution in [1.82, 2.24) is 20.4 Å². The number of urea groups is 1. The van der Waals surface area contributed by atoms with E-state index in [4.69, 9.17) is 5.41 Å². The molecular formula is C24H38N6O2. The van der Waals surface area contributed by atoms with Gasteiger partial charge in [0.15, 0.2) is 0 Å². The summed E-state index contributed by atoms with van der Waals surface area (Å²) >= 11 is 0. The SMILES string of the molecule is CNC(=O)N(CCC=O)C(=N)c1ccc(C2CCN(CC3CCNCC3)CC2)cc1NC. The standard InChI is InChI=1S/C24H38N6O2/c1-26-22-16-20(4-5-21(22)23(25)30(12-3-15-31)24(32)27-2)19-8-13-29(14-9-19)17-18-6-10-28-11-7-18/h4-5,15-16,18-19,25-26,28H,3,6-14,17H2,1-2H3,(H,27,32). The van der Waals surface area contributed by atoms with Gasteiger partial charge in [0.2, 0.25) is 0 Å².